The number of hydrogen-bond donors (Lipinski definition) is 0. The average Bonchev–Trinajstić information content (AvgIpc) is 2.69. The SMILES string of the molecule is O=C([O-])CCCCCCn1c(=O)oc2ccccc21.[Na+]. The standard InChI is InChI=1S/C14H17NO4.Na/c16-13(17)9-3-1-2-6-10-15-11-7-4-5-8-12(11)19-14(15)18;/h4-5,7-8H,1-3,6,9-10H2,(H,16,17);/q;+1/p-1. The molecule has 0 aliphatic heterocycles. The molecule has 0 bridgehead atoms. The number of carboxylic acids is 1. The van der Waals surface area contributed by atoms with Gasteiger partial charge < -0.3 is 14.3 Å². The van der Waals surface area contributed by atoms with Gasteiger partial charge in [-0.3, -0.25) is 4.57 Å². The monoisotopic (exact) mass is 285 g/mol. The summed E-state index contributed by atoms with van der Waals surface area (Å²) in [6.07, 6.45) is 3.28. The van der Waals surface area contributed by atoms with Crippen LogP contribution >= 0.6 is 0 Å². The molecule has 0 spiro atoms. The van der Waals surface area contributed by atoms with Crippen molar-refractivity contribution in [1.29, 1.82) is 0 Å². The van der Waals surface area contributed by atoms with Gasteiger partial charge >= 0.3 is 35.3 Å². The fourth-order valence-electron chi connectivity index (χ4n) is 2.12. The van der Waals surface area contributed by atoms with Crippen LogP contribution in [0.25, 0.3) is 11.1 Å². The second kappa shape index (κ2) is 8.29. The molecule has 1 aromatic heterocycles. The number of benzene rings is 1. The molecule has 0 radical (unpaired) electrons. The molecule has 0 aliphatic rings. The molecule has 0 fully saturated rings. The smallest absolute Gasteiger partial charge is 0.550 e. The number of fused-ring (bicyclic) bond motifs is 1. The fourth-order valence-corrected chi connectivity index (χ4v) is 2.12. The van der Waals surface area contributed by atoms with Gasteiger partial charge in [0.15, 0.2) is 5.58 Å². The molecule has 2 aromatic rings. The number of unbranched alkanes of at least 4 members (excludes halogenated alkanes) is 3. The van der Waals surface area contributed by atoms with E-state index in [-0.39, 0.29) is 41.7 Å². The van der Waals surface area contributed by atoms with Crippen LogP contribution in [0, 0.1) is 0 Å². The quantitative estimate of drug-likeness (QED) is 0.449. The number of carboxylic acid groups (broad SMARTS) is 1. The summed E-state index contributed by atoms with van der Waals surface area (Å²) >= 11 is 0. The van der Waals surface area contributed by atoms with Gasteiger partial charge in [0.25, 0.3) is 0 Å². The van der Waals surface area contributed by atoms with E-state index in [4.69, 9.17) is 4.42 Å². The van der Waals surface area contributed by atoms with Crippen LogP contribution < -0.4 is 40.4 Å². The van der Waals surface area contributed by atoms with Crippen LogP contribution in [0.15, 0.2) is 33.5 Å². The van der Waals surface area contributed by atoms with Gasteiger partial charge in [-0.2, -0.15) is 0 Å². The summed E-state index contributed by atoms with van der Waals surface area (Å²) in [6.45, 7) is 0.598. The molecule has 0 amide bonds. The Balaban J connectivity index is 0.00000200. The molecule has 0 unspecified atom stereocenters. The Kier molecular flexibility index (Phi) is 7.05. The largest absolute Gasteiger partial charge is 1.00 e. The number of aryl methyl sites for hydroxylation is 1. The van der Waals surface area contributed by atoms with Crippen molar-refractivity contribution >= 4 is 17.1 Å². The van der Waals surface area contributed by atoms with Gasteiger partial charge in [0.1, 0.15) is 0 Å². The van der Waals surface area contributed by atoms with E-state index in [1.165, 1.54) is 0 Å². The molecule has 0 saturated carbocycles. The Morgan fingerprint density at radius 1 is 1.15 bits per heavy atom. The first kappa shape index (κ1) is 17.0. The van der Waals surface area contributed by atoms with E-state index < -0.39 is 5.97 Å². The molecule has 102 valence electrons. The third-order valence-corrected chi connectivity index (χ3v) is 3.09. The third kappa shape index (κ3) is 4.51. The van der Waals surface area contributed by atoms with Crippen molar-refractivity contribution in [2.45, 2.75) is 38.6 Å². The third-order valence-electron chi connectivity index (χ3n) is 3.09. The summed E-state index contributed by atoms with van der Waals surface area (Å²) in [6, 6.07) is 7.33. The maximum atomic E-state index is 11.7. The molecule has 1 heterocycles. The van der Waals surface area contributed by atoms with Crippen molar-refractivity contribution in [2.75, 3.05) is 0 Å². The first-order valence-electron chi connectivity index (χ1n) is 6.46. The summed E-state index contributed by atoms with van der Waals surface area (Å²) in [5.41, 5.74) is 1.41. The maximum absolute atomic E-state index is 11.7. The topological polar surface area (TPSA) is 75.3 Å². The second-order valence-electron chi connectivity index (χ2n) is 4.52. The molecule has 2 rings (SSSR count). The van der Waals surface area contributed by atoms with E-state index in [1.54, 1.807) is 10.6 Å². The van der Waals surface area contributed by atoms with Gasteiger partial charge in [0, 0.05) is 12.5 Å². The van der Waals surface area contributed by atoms with Crippen LogP contribution in [0.4, 0.5) is 0 Å². The van der Waals surface area contributed by atoms with Crippen molar-refractivity contribution in [3.63, 3.8) is 0 Å². The molecule has 0 saturated heterocycles. The van der Waals surface area contributed by atoms with Crippen molar-refractivity contribution in [1.82, 2.24) is 4.57 Å². The number of nitrogens with zero attached hydrogens (tertiary/aromatic N) is 1. The zero-order valence-corrected chi connectivity index (χ0v) is 13.6. The van der Waals surface area contributed by atoms with Crippen LogP contribution in [0.1, 0.15) is 32.1 Å². The molecular formula is C14H16NNaO4. The van der Waals surface area contributed by atoms with Crippen molar-refractivity contribution in [3.8, 4) is 0 Å². The van der Waals surface area contributed by atoms with E-state index in [0.717, 1.165) is 24.8 Å². The zero-order chi connectivity index (χ0) is 13.7. The minimum atomic E-state index is -1.00. The van der Waals surface area contributed by atoms with Crippen LogP contribution in [-0.4, -0.2) is 10.5 Å². The van der Waals surface area contributed by atoms with Gasteiger partial charge in [-0.1, -0.05) is 25.0 Å². The van der Waals surface area contributed by atoms with Gasteiger partial charge in [-0.15, -0.1) is 0 Å². The number of hydrogen-bond acceptors (Lipinski definition) is 4. The summed E-state index contributed by atoms with van der Waals surface area (Å²) in [4.78, 5) is 21.9. The normalized spacial score (nSPS) is 10.4. The first-order valence-corrected chi connectivity index (χ1v) is 6.46. The summed E-state index contributed by atoms with van der Waals surface area (Å²) in [5.74, 6) is -1.34. The van der Waals surface area contributed by atoms with E-state index in [0.29, 0.717) is 18.5 Å². The van der Waals surface area contributed by atoms with E-state index in [1.807, 2.05) is 18.2 Å². The van der Waals surface area contributed by atoms with Crippen molar-refractivity contribution in [2.24, 2.45) is 0 Å². The molecule has 20 heavy (non-hydrogen) atoms. The zero-order valence-electron chi connectivity index (χ0n) is 11.6. The molecule has 5 nitrogen and oxygen atoms in total. The predicted octanol–water partition coefficient (Wildman–Crippen LogP) is -1.70. The molecule has 6 heteroatoms. The summed E-state index contributed by atoms with van der Waals surface area (Å²) < 4.78 is 6.75. The maximum Gasteiger partial charge on any atom is 1.00 e. The number of rotatable bonds is 7. The van der Waals surface area contributed by atoms with E-state index >= 15 is 0 Å². The van der Waals surface area contributed by atoms with E-state index in [9.17, 15) is 14.7 Å². The minimum absolute atomic E-state index is 0. The van der Waals surface area contributed by atoms with Crippen LogP contribution in [0.5, 0.6) is 0 Å². The molecule has 0 atom stereocenters. The second-order valence-corrected chi connectivity index (χ2v) is 4.52. The van der Waals surface area contributed by atoms with Crippen LogP contribution in [0.3, 0.4) is 0 Å². The van der Waals surface area contributed by atoms with Gasteiger partial charge in [-0.25, -0.2) is 4.79 Å². The number of carbonyl (C=O) groups excluding carboxylic acids is 1. The average molecular weight is 285 g/mol. The Morgan fingerprint density at radius 3 is 2.60 bits per heavy atom. The van der Waals surface area contributed by atoms with E-state index in [2.05, 4.69) is 0 Å². The molecule has 0 N–H and O–H groups in total. The molecule has 0 aliphatic carbocycles. The molecule has 1 aromatic carbocycles. The van der Waals surface area contributed by atoms with Crippen molar-refractivity contribution in [3.05, 3.63) is 34.8 Å². The Bertz CT molecular complexity index is 617. The Labute approximate surface area is 138 Å². The van der Waals surface area contributed by atoms with Crippen molar-refractivity contribution < 1.29 is 43.9 Å². The van der Waals surface area contributed by atoms with Crippen LogP contribution in [-0.2, 0) is 11.3 Å². The Morgan fingerprint density at radius 2 is 1.85 bits per heavy atom. The summed E-state index contributed by atoms with van der Waals surface area (Å²) in [7, 11) is 0. The van der Waals surface area contributed by atoms with Crippen LogP contribution in [0.2, 0.25) is 0 Å². The number of carbonyl (C=O) groups is 1. The summed E-state index contributed by atoms with van der Waals surface area (Å²) in [5, 5.41) is 10.2. The predicted molar refractivity (Wildman–Crippen MR) is 68.6 cm³/mol. The van der Waals surface area contributed by atoms with Gasteiger partial charge in [-0.05, 0) is 31.4 Å². The number of oxazole rings is 1. The van der Waals surface area contributed by atoms with Gasteiger partial charge in [0.2, 0.25) is 0 Å². The molecular weight excluding hydrogens is 269 g/mol. The van der Waals surface area contributed by atoms with Gasteiger partial charge in [0.05, 0.1) is 5.52 Å². The minimum Gasteiger partial charge on any atom is -0.550 e. The Hall–Kier alpha value is -1.04. The number of aromatic nitrogens is 1. The number of aliphatic carboxylic acids is 1. The first-order chi connectivity index (χ1) is 9.18. The number of para-hydroxylation sites is 2. The fraction of sp³-hybridized carbons (Fsp3) is 0.429.